The van der Waals surface area contributed by atoms with E-state index in [-0.39, 0.29) is 17.2 Å². The van der Waals surface area contributed by atoms with Crippen molar-refractivity contribution in [2.75, 3.05) is 0 Å². The summed E-state index contributed by atoms with van der Waals surface area (Å²) >= 11 is 0. The number of phenols is 1. The van der Waals surface area contributed by atoms with E-state index >= 15 is 0 Å². The summed E-state index contributed by atoms with van der Waals surface area (Å²) in [7, 11) is -3.67. The van der Waals surface area contributed by atoms with Crippen LogP contribution in [0.15, 0.2) is 41.6 Å². The Hall–Kier alpha value is -1.99. The fourth-order valence-corrected chi connectivity index (χ4v) is 2.45. The number of aryl methyl sites for hydroxylation is 1. The summed E-state index contributed by atoms with van der Waals surface area (Å²) < 4.78 is 26.3. The van der Waals surface area contributed by atoms with Crippen molar-refractivity contribution in [3.05, 3.63) is 48.0 Å². The highest BCUT2D eigenvalue weighted by atomic mass is 32.2. The summed E-state index contributed by atoms with van der Waals surface area (Å²) in [5, 5.41) is 9.28. The molecule has 0 amide bonds. The molecule has 6 nitrogen and oxygen atoms in total. The molecule has 0 fully saturated rings. The Bertz CT molecular complexity index is 669. The molecule has 0 unspecified atom stereocenters. The Morgan fingerprint density at radius 1 is 1.26 bits per heavy atom. The molecule has 0 aliphatic rings. The number of phenolic OH excluding ortho intramolecular Hbond substituents is 1. The van der Waals surface area contributed by atoms with Crippen molar-refractivity contribution in [3.8, 4) is 5.75 Å². The molecule has 0 atom stereocenters. The number of nitrogens with one attached hydrogen (secondary N) is 1. The van der Waals surface area contributed by atoms with E-state index in [1.807, 2.05) is 0 Å². The minimum absolute atomic E-state index is 0.00701. The first-order valence-corrected chi connectivity index (χ1v) is 7.02. The lowest BCUT2D eigenvalue weighted by atomic mass is 10.3. The van der Waals surface area contributed by atoms with Crippen molar-refractivity contribution in [1.82, 2.24) is 14.7 Å². The molecule has 2 rings (SSSR count). The summed E-state index contributed by atoms with van der Waals surface area (Å²) in [5.74, 6) is -0.0991. The van der Waals surface area contributed by atoms with Crippen molar-refractivity contribution in [2.45, 2.75) is 18.4 Å². The molecule has 7 heteroatoms. The number of benzene rings is 1. The summed E-state index contributed by atoms with van der Waals surface area (Å²) in [6.07, 6.45) is 3.08. The number of hydrogen-bond acceptors (Lipinski definition) is 5. The predicted molar refractivity (Wildman–Crippen MR) is 68.9 cm³/mol. The van der Waals surface area contributed by atoms with E-state index in [1.165, 1.54) is 30.5 Å². The smallest absolute Gasteiger partial charge is 0.241 e. The normalized spacial score (nSPS) is 11.4. The second kappa shape index (κ2) is 5.33. The van der Waals surface area contributed by atoms with Crippen LogP contribution in [-0.4, -0.2) is 23.5 Å². The molecule has 100 valence electrons. The van der Waals surface area contributed by atoms with Gasteiger partial charge in [0, 0.05) is 6.20 Å². The molecule has 2 aromatic rings. The Labute approximate surface area is 111 Å². The number of hydrogen-bond donors (Lipinski definition) is 2. The molecule has 0 aliphatic heterocycles. The Morgan fingerprint density at radius 3 is 2.68 bits per heavy atom. The molecule has 1 aromatic heterocycles. The first kappa shape index (κ1) is 13.4. The van der Waals surface area contributed by atoms with Crippen molar-refractivity contribution < 1.29 is 13.5 Å². The molecule has 1 heterocycles. The lowest BCUT2D eigenvalue weighted by Crippen LogP contribution is -2.23. The molecule has 0 spiro atoms. The Morgan fingerprint density at radius 2 is 2.05 bits per heavy atom. The molecular formula is C12H13N3O3S. The standard InChI is InChI=1S/C12H13N3O3S/c1-9-6-14-10(7-13-9)8-15-19(17,18)12-4-2-3-11(16)5-12/h2-7,15-16H,8H2,1H3. The van der Waals surface area contributed by atoms with E-state index < -0.39 is 10.0 Å². The highest BCUT2D eigenvalue weighted by Gasteiger charge is 2.14. The van der Waals surface area contributed by atoms with Crippen molar-refractivity contribution >= 4 is 10.0 Å². The SMILES string of the molecule is Cc1cnc(CNS(=O)(=O)c2cccc(O)c2)cn1. The maximum absolute atomic E-state index is 12.0. The quantitative estimate of drug-likeness (QED) is 0.870. The average Bonchev–Trinajstić information content (AvgIpc) is 2.38. The topological polar surface area (TPSA) is 92.2 Å². The fraction of sp³-hybridized carbons (Fsp3) is 0.167. The zero-order chi connectivity index (χ0) is 13.9. The van der Waals surface area contributed by atoms with E-state index in [4.69, 9.17) is 0 Å². The lowest BCUT2D eigenvalue weighted by Gasteiger charge is -2.06. The van der Waals surface area contributed by atoms with E-state index in [2.05, 4.69) is 14.7 Å². The van der Waals surface area contributed by atoms with Crippen LogP contribution in [0.2, 0.25) is 0 Å². The molecule has 0 bridgehead atoms. The van der Waals surface area contributed by atoms with Gasteiger partial charge in [0.2, 0.25) is 10.0 Å². The van der Waals surface area contributed by atoms with Gasteiger partial charge in [0.05, 0.1) is 29.0 Å². The minimum Gasteiger partial charge on any atom is -0.508 e. The van der Waals surface area contributed by atoms with Gasteiger partial charge < -0.3 is 5.11 Å². The van der Waals surface area contributed by atoms with Crippen LogP contribution in [0.3, 0.4) is 0 Å². The van der Waals surface area contributed by atoms with Crippen LogP contribution in [0, 0.1) is 6.92 Å². The van der Waals surface area contributed by atoms with Gasteiger partial charge in [0.1, 0.15) is 5.75 Å². The van der Waals surface area contributed by atoms with Gasteiger partial charge in [0.25, 0.3) is 0 Å². The second-order valence-electron chi connectivity index (χ2n) is 3.97. The van der Waals surface area contributed by atoms with Crippen molar-refractivity contribution in [3.63, 3.8) is 0 Å². The summed E-state index contributed by atoms with van der Waals surface area (Å²) in [5.41, 5.74) is 1.29. The molecule has 0 aliphatic carbocycles. The van der Waals surface area contributed by atoms with E-state index in [0.29, 0.717) is 5.69 Å². The third-order valence-corrected chi connectivity index (χ3v) is 3.80. The molecular weight excluding hydrogens is 266 g/mol. The fourth-order valence-electron chi connectivity index (χ4n) is 1.41. The lowest BCUT2D eigenvalue weighted by molar-refractivity contribution is 0.473. The number of sulfonamides is 1. The van der Waals surface area contributed by atoms with E-state index in [9.17, 15) is 13.5 Å². The number of aromatic nitrogens is 2. The predicted octanol–water partition coefficient (Wildman–Crippen LogP) is 0.969. The van der Waals surface area contributed by atoms with E-state index in [1.54, 1.807) is 13.1 Å². The maximum atomic E-state index is 12.0. The van der Waals surface area contributed by atoms with Gasteiger partial charge >= 0.3 is 0 Å². The van der Waals surface area contributed by atoms with Gasteiger partial charge in [-0.1, -0.05) is 6.07 Å². The van der Waals surface area contributed by atoms with Gasteiger partial charge in [-0.25, -0.2) is 13.1 Å². The number of nitrogens with zero attached hydrogens (tertiary/aromatic N) is 2. The van der Waals surface area contributed by atoms with Gasteiger partial charge in [-0.15, -0.1) is 0 Å². The highest BCUT2D eigenvalue weighted by Crippen LogP contribution is 2.15. The summed E-state index contributed by atoms with van der Waals surface area (Å²) in [6.45, 7) is 1.85. The van der Waals surface area contributed by atoms with Gasteiger partial charge in [0.15, 0.2) is 0 Å². The minimum atomic E-state index is -3.67. The Kier molecular flexibility index (Phi) is 3.77. The zero-order valence-corrected chi connectivity index (χ0v) is 11.1. The van der Waals surface area contributed by atoms with Crippen LogP contribution < -0.4 is 4.72 Å². The highest BCUT2D eigenvalue weighted by molar-refractivity contribution is 7.89. The largest absolute Gasteiger partial charge is 0.508 e. The van der Waals surface area contributed by atoms with Crippen LogP contribution in [-0.2, 0) is 16.6 Å². The average molecular weight is 279 g/mol. The monoisotopic (exact) mass is 279 g/mol. The molecule has 0 saturated carbocycles. The van der Waals surface area contributed by atoms with Crippen molar-refractivity contribution in [2.24, 2.45) is 0 Å². The molecule has 2 N–H and O–H groups in total. The molecule has 0 saturated heterocycles. The van der Waals surface area contributed by atoms with Gasteiger partial charge in [-0.05, 0) is 25.1 Å². The first-order chi connectivity index (χ1) is 8.97. The third kappa shape index (κ3) is 3.49. The Balaban J connectivity index is 2.12. The zero-order valence-electron chi connectivity index (χ0n) is 10.2. The maximum Gasteiger partial charge on any atom is 0.241 e. The van der Waals surface area contributed by atoms with Crippen LogP contribution in [0.1, 0.15) is 11.4 Å². The van der Waals surface area contributed by atoms with Gasteiger partial charge in [-0.3, -0.25) is 9.97 Å². The summed E-state index contributed by atoms with van der Waals surface area (Å²) in [4.78, 5) is 8.09. The first-order valence-electron chi connectivity index (χ1n) is 5.53. The third-order valence-electron chi connectivity index (χ3n) is 2.41. The second-order valence-corrected chi connectivity index (χ2v) is 5.74. The van der Waals surface area contributed by atoms with E-state index in [0.717, 1.165) is 5.69 Å². The number of rotatable bonds is 4. The van der Waals surface area contributed by atoms with Crippen LogP contribution >= 0.6 is 0 Å². The van der Waals surface area contributed by atoms with Crippen LogP contribution in [0.25, 0.3) is 0 Å². The van der Waals surface area contributed by atoms with Crippen LogP contribution in [0.4, 0.5) is 0 Å². The molecule has 0 radical (unpaired) electrons. The van der Waals surface area contributed by atoms with Crippen molar-refractivity contribution in [1.29, 1.82) is 0 Å². The van der Waals surface area contributed by atoms with Gasteiger partial charge in [-0.2, -0.15) is 0 Å². The molecule has 1 aromatic carbocycles. The van der Waals surface area contributed by atoms with Crippen LogP contribution in [0.5, 0.6) is 5.75 Å². The number of aromatic hydroxyl groups is 1. The summed E-state index contributed by atoms with van der Waals surface area (Å²) in [6, 6.07) is 5.46. The molecule has 19 heavy (non-hydrogen) atoms.